The molecule has 3 aromatic rings. The SMILES string of the molecule is COc1cc(N2C(=O)N(Cc3c(F)cc(F)cc3F)c3ncccc3S2(=O)=O)cnc1C. The maximum absolute atomic E-state index is 14.3. The van der Waals surface area contributed by atoms with Gasteiger partial charge in [-0.1, -0.05) is 0 Å². The molecule has 2 aromatic heterocycles. The van der Waals surface area contributed by atoms with E-state index in [1.807, 2.05) is 0 Å². The van der Waals surface area contributed by atoms with E-state index in [0.717, 1.165) is 11.1 Å². The van der Waals surface area contributed by atoms with Crippen LogP contribution in [0.3, 0.4) is 0 Å². The van der Waals surface area contributed by atoms with Crippen molar-refractivity contribution in [2.75, 3.05) is 16.3 Å². The maximum atomic E-state index is 14.3. The second-order valence-electron chi connectivity index (χ2n) is 6.79. The molecular weight excluding hydrogens is 449 g/mol. The van der Waals surface area contributed by atoms with Crippen LogP contribution in [-0.2, 0) is 16.6 Å². The summed E-state index contributed by atoms with van der Waals surface area (Å²) in [6.07, 6.45) is 2.39. The van der Waals surface area contributed by atoms with Crippen LogP contribution in [0.5, 0.6) is 5.75 Å². The highest BCUT2D eigenvalue weighted by Crippen LogP contribution is 2.38. The molecule has 0 spiro atoms. The summed E-state index contributed by atoms with van der Waals surface area (Å²) in [5.41, 5.74) is -0.320. The minimum Gasteiger partial charge on any atom is -0.495 e. The van der Waals surface area contributed by atoms with Gasteiger partial charge in [0.25, 0.3) is 10.0 Å². The molecule has 0 saturated heterocycles. The predicted octanol–water partition coefficient (Wildman–Crippen LogP) is 3.55. The molecule has 166 valence electrons. The molecule has 4 rings (SSSR count). The molecule has 0 atom stereocenters. The number of nitrogens with zero attached hydrogens (tertiary/aromatic N) is 4. The van der Waals surface area contributed by atoms with Crippen molar-refractivity contribution in [2.45, 2.75) is 18.4 Å². The van der Waals surface area contributed by atoms with Gasteiger partial charge in [0.15, 0.2) is 5.82 Å². The van der Waals surface area contributed by atoms with Crippen LogP contribution in [0.15, 0.2) is 47.6 Å². The zero-order chi connectivity index (χ0) is 23.2. The van der Waals surface area contributed by atoms with Gasteiger partial charge in [0.05, 0.1) is 31.2 Å². The van der Waals surface area contributed by atoms with Crippen molar-refractivity contribution in [3.8, 4) is 5.75 Å². The summed E-state index contributed by atoms with van der Waals surface area (Å²) in [7, 11) is -3.09. The lowest BCUT2D eigenvalue weighted by Crippen LogP contribution is -2.51. The molecule has 1 aliphatic rings. The van der Waals surface area contributed by atoms with Gasteiger partial charge in [-0.25, -0.2) is 31.4 Å². The average molecular weight is 464 g/mol. The van der Waals surface area contributed by atoms with E-state index < -0.39 is 45.6 Å². The summed E-state index contributed by atoms with van der Waals surface area (Å²) in [4.78, 5) is 21.7. The number of aromatic nitrogens is 2. The Hall–Kier alpha value is -3.67. The molecule has 12 heteroatoms. The van der Waals surface area contributed by atoms with Gasteiger partial charge in [-0.15, -0.1) is 0 Å². The van der Waals surface area contributed by atoms with Crippen LogP contribution in [0.1, 0.15) is 11.3 Å². The number of ether oxygens (including phenoxy) is 1. The fraction of sp³-hybridized carbons (Fsp3) is 0.150. The van der Waals surface area contributed by atoms with Gasteiger partial charge in [-0.2, -0.15) is 4.31 Å². The van der Waals surface area contributed by atoms with Crippen LogP contribution in [0.25, 0.3) is 0 Å². The normalized spacial score (nSPS) is 15.0. The summed E-state index contributed by atoms with van der Waals surface area (Å²) >= 11 is 0. The third kappa shape index (κ3) is 3.42. The molecule has 3 heterocycles. The van der Waals surface area contributed by atoms with E-state index in [1.165, 1.54) is 31.5 Å². The Kier molecular flexibility index (Phi) is 5.25. The molecule has 32 heavy (non-hydrogen) atoms. The minimum atomic E-state index is -4.44. The summed E-state index contributed by atoms with van der Waals surface area (Å²) in [6, 6.07) is 3.64. The van der Waals surface area contributed by atoms with Gasteiger partial charge in [-0.3, -0.25) is 9.88 Å². The topological polar surface area (TPSA) is 92.7 Å². The lowest BCUT2D eigenvalue weighted by molar-refractivity contribution is 0.253. The van der Waals surface area contributed by atoms with Crippen LogP contribution >= 0.6 is 0 Å². The first-order valence-electron chi connectivity index (χ1n) is 9.11. The number of benzene rings is 1. The second kappa shape index (κ2) is 7.79. The first-order valence-corrected chi connectivity index (χ1v) is 10.5. The minimum absolute atomic E-state index is 0.142. The van der Waals surface area contributed by atoms with Gasteiger partial charge >= 0.3 is 6.03 Å². The number of urea groups is 1. The van der Waals surface area contributed by atoms with E-state index >= 15 is 0 Å². The Bertz CT molecular complexity index is 1330. The second-order valence-corrected chi connectivity index (χ2v) is 8.55. The number of carbonyl (C=O) groups is 1. The van der Waals surface area contributed by atoms with E-state index in [0.29, 0.717) is 22.1 Å². The Morgan fingerprint density at radius 2 is 1.78 bits per heavy atom. The molecule has 1 aliphatic heterocycles. The van der Waals surface area contributed by atoms with E-state index in [1.54, 1.807) is 6.92 Å². The molecule has 0 unspecified atom stereocenters. The van der Waals surface area contributed by atoms with Crippen molar-refractivity contribution in [1.29, 1.82) is 0 Å². The molecule has 0 bridgehead atoms. The number of carbonyl (C=O) groups excluding carboxylic acids is 1. The zero-order valence-corrected chi connectivity index (χ0v) is 17.5. The highest BCUT2D eigenvalue weighted by Gasteiger charge is 2.44. The van der Waals surface area contributed by atoms with Crippen LogP contribution in [0.2, 0.25) is 0 Å². The van der Waals surface area contributed by atoms with Crippen molar-refractivity contribution in [3.63, 3.8) is 0 Å². The van der Waals surface area contributed by atoms with Gasteiger partial charge in [0.1, 0.15) is 28.1 Å². The predicted molar refractivity (Wildman–Crippen MR) is 107 cm³/mol. The number of methoxy groups -OCH3 is 1. The van der Waals surface area contributed by atoms with E-state index in [4.69, 9.17) is 4.74 Å². The summed E-state index contributed by atoms with van der Waals surface area (Å²) in [5.74, 6) is -3.68. The Labute approximate surface area is 180 Å². The third-order valence-electron chi connectivity index (χ3n) is 4.83. The molecule has 0 fully saturated rings. The number of aryl methyl sites for hydroxylation is 1. The lowest BCUT2D eigenvalue weighted by atomic mass is 10.1. The number of hydrogen-bond donors (Lipinski definition) is 0. The number of fused-ring (bicyclic) bond motifs is 1. The van der Waals surface area contributed by atoms with Gasteiger partial charge in [-0.05, 0) is 19.1 Å². The number of anilines is 2. The van der Waals surface area contributed by atoms with E-state index in [9.17, 15) is 26.4 Å². The molecule has 8 nitrogen and oxygen atoms in total. The first-order chi connectivity index (χ1) is 15.1. The Balaban J connectivity index is 1.89. The molecular formula is C20H15F3N4O4S. The van der Waals surface area contributed by atoms with E-state index in [-0.39, 0.29) is 22.2 Å². The van der Waals surface area contributed by atoms with Crippen molar-refractivity contribution >= 4 is 27.6 Å². The maximum Gasteiger partial charge on any atom is 0.344 e. The van der Waals surface area contributed by atoms with Crippen molar-refractivity contribution in [3.05, 3.63) is 71.4 Å². The first kappa shape index (κ1) is 21.6. The van der Waals surface area contributed by atoms with Crippen LogP contribution in [0.4, 0.5) is 29.5 Å². The fourth-order valence-corrected chi connectivity index (χ4v) is 4.80. The van der Waals surface area contributed by atoms with Gasteiger partial charge < -0.3 is 4.74 Å². The molecule has 0 aliphatic carbocycles. The van der Waals surface area contributed by atoms with Crippen LogP contribution in [-0.4, -0.2) is 31.5 Å². The Morgan fingerprint density at radius 1 is 1.09 bits per heavy atom. The zero-order valence-electron chi connectivity index (χ0n) is 16.7. The molecule has 0 radical (unpaired) electrons. The number of halogens is 3. The number of sulfonamides is 1. The highest BCUT2D eigenvalue weighted by atomic mass is 32.2. The summed E-state index contributed by atoms with van der Waals surface area (Å²) < 4.78 is 74.0. The van der Waals surface area contributed by atoms with E-state index in [2.05, 4.69) is 9.97 Å². The van der Waals surface area contributed by atoms with Crippen LogP contribution < -0.4 is 13.9 Å². The molecule has 0 saturated carbocycles. The third-order valence-corrected chi connectivity index (χ3v) is 6.55. The summed E-state index contributed by atoms with van der Waals surface area (Å²) in [5, 5.41) is 0. The van der Waals surface area contributed by atoms with Crippen molar-refractivity contribution < 1.29 is 31.1 Å². The number of pyridine rings is 2. The van der Waals surface area contributed by atoms with Crippen LogP contribution in [0, 0.1) is 24.4 Å². The number of hydrogen-bond acceptors (Lipinski definition) is 6. The van der Waals surface area contributed by atoms with Gasteiger partial charge in [0, 0.05) is 30.0 Å². The fourth-order valence-electron chi connectivity index (χ4n) is 3.28. The smallest absolute Gasteiger partial charge is 0.344 e. The molecule has 2 amide bonds. The van der Waals surface area contributed by atoms with Gasteiger partial charge in [0.2, 0.25) is 0 Å². The quantitative estimate of drug-likeness (QED) is 0.587. The van der Waals surface area contributed by atoms with Crippen molar-refractivity contribution in [2.24, 2.45) is 0 Å². The Morgan fingerprint density at radius 3 is 2.44 bits per heavy atom. The lowest BCUT2D eigenvalue weighted by Gasteiger charge is -2.35. The molecule has 0 N–H and O–H groups in total. The largest absolute Gasteiger partial charge is 0.495 e. The number of rotatable bonds is 4. The van der Waals surface area contributed by atoms with Crippen molar-refractivity contribution in [1.82, 2.24) is 9.97 Å². The average Bonchev–Trinajstić information content (AvgIpc) is 2.73. The summed E-state index contributed by atoms with van der Waals surface area (Å²) in [6.45, 7) is 0.893. The monoisotopic (exact) mass is 464 g/mol. The standard InChI is InChI=1S/C20H15F3N4O4S/c1-11-17(31-2)8-13(9-25-11)27-20(28)26(10-14-15(22)6-12(21)7-16(14)23)19-18(32(27,29)30)4-3-5-24-19/h3-9H,10H2,1-2H3. The highest BCUT2D eigenvalue weighted by molar-refractivity contribution is 7.94. The molecule has 1 aromatic carbocycles. The number of amides is 2.